The lowest BCUT2D eigenvalue weighted by molar-refractivity contribution is -0.137. The fraction of sp³-hybridized carbons (Fsp3) is 0.350. The van der Waals surface area contributed by atoms with Gasteiger partial charge in [-0.25, -0.2) is 24.6 Å². The quantitative estimate of drug-likeness (QED) is 0.616. The van der Waals surface area contributed by atoms with Gasteiger partial charge in [0.2, 0.25) is 11.9 Å². The number of nitrogens with zero attached hydrogens (tertiary/aromatic N) is 6. The van der Waals surface area contributed by atoms with Crippen molar-refractivity contribution in [1.82, 2.24) is 24.5 Å². The molecule has 1 fully saturated rings. The highest BCUT2D eigenvalue weighted by atomic mass is 19.4. The summed E-state index contributed by atoms with van der Waals surface area (Å²) in [5.41, 5.74) is 0.453. The number of amides is 1. The van der Waals surface area contributed by atoms with E-state index in [1.54, 1.807) is 10.8 Å². The molecular weight excluding hydrogens is 427 g/mol. The Morgan fingerprint density at radius 1 is 1.19 bits per heavy atom. The zero-order valence-corrected chi connectivity index (χ0v) is 17.2. The van der Waals surface area contributed by atoms with Crippen LogP contribution in [-0.2, 0) is 17.5 Å². The van der Waals surface area contributed by atoms with Gasteiger partial charge >= 0.3 is 12.3 Å². The molecule has 0 spiro atoms. The topological polar surface area (TPSA) is 98.1 Å². The zero-order valence-electron chi connectivity index (χ0n) is 17.2. The second-order valence-electron chi connectivity index (χ2n) is 7.54. The van der Waals surface area contributed by atoms with E-state index in [1.807, 2.05) is 13.8 Å². The Kier molecular flexibility index (Phi) is 5.68. The van der Waals surface area contributed by atoms with E-state index in [1.165, 1.54) is 29.7 Å². The number of nitrogens with one attached hydrogen (secondary N) is 1. The number of alkyl halides is 3. The van der Waals surface area contributed by atoms with E-state index in [0.717, 1.165) is 12.1 Å². The number of ether oxygens (including phenoxy) is 1. The Morgan fingerprint density at radius 2 is 1.94 bits per heavy atom. The summed E-state index contributed by atoms with van der Waals surface area (Å²) >= 11 is 0. The Balaban J connectivity index is 1.43. The lowest BCUT2D eigenvalue weighted by atomic mass is 10.1. The van der Waals surface area contributed by atoms with Gasteiger partial charge in [-0.1, -0.05) is 13.8 Å². The molecule has 1 aliphatic heterocycles. The van der Waals surface area contributed by atoms with Gasteiger partial charge in [-0.05, 0) is 30.2 Å². The van der Waals surface area contributed by atoms with Crippen LogP contribution >= 0.6 is 0 Å². The molecule has 1 N–H and O–H groups in total. The smallest absolute Gasteiger partial charge is 0.417 e. The highest BCUT2D eigenvalue weighted by Gasteiger charge is 2.38. The number of hydrogen-bond donors (Lipinski definition) is 1. The van der Waals surface area contributed by atoms with E-state index in [2.05, 4.69) is 25.3 Å². The van der Waals surface area contributed by atoms with Crippen LogP contribution in [0.15, 0.2) is 43.1 Å². The van der Waals surface area contributed by atoms with Gasteiger partial charge in [-0.2, -0.15) is 18.2 Å². The molecule has 3 heterocycles. The van der Waals surface area contributed by atoms with Gasteiger partial charge in [-0.15, -0.1) is 0 Å². The number of cyclic esters (lactones) is 1. The van der Waals surface area contributed by atoms with Crippen molar-refractivity contribution in [2.24, 2.45) is 5.92 Å². The third kappa shape index (κ3) is 4.48. The van der Waals surface area contributed by atoms with Gasteiger partial charge in [-0.3, -0.25) is 0 Å². The minimum absolute atomic E-state index is 0.156. The van der Waals surface area contributed by atoms with Crippen molar-refractivity contribution in [3.05, 3.63) is 54.4 Å². The van der Waals surface area contributed by atoms with Crippen LogP contribution in [0.2, 0.25) is 0 Å². The maximum absolute atomic E-state index is 12.7. The molecule has 32 heavy (non-hydrogen) atoms. The van der Waals surface area contributed by atoms with Crippen molar-refractivity contribution in [2.75, 3.05) is 16.8 Å². The molecule has 3 aromatic rings. The molecule has 1 saturated heterocycles. The van der Waals surface area contributed by atoms with E-state index in [4.69, 9.17) is 4.74 Å². The van der Waals surface area contributed by atoms with E-state index in [-0.39, 0.29) is 37.0 Å². The molecule has 4 rings (SSSR count). The lowest BCUT2D eigenvalue weighted by Crippen LogP contribution is -2.38. The first-order valence-electron chi connectivity index (χ1n) is 9.82. The number of rotatable bonds is 6. The monoisotopic (exact) mass is 447 g/mol. The van der Waals surface area contributed by atoms with Gasteiger partial charge in [0, 0.05) is 11.9 Å². The Bertz CT molecular complexity index is 1100. The van der Waals surface area contributed by atoms with Crippen LogP contribution in [0.4, 0.5) is 29.9 Å². The molecule has 1 aromatic carbocycles. The average Bonchev–Trinajstić information content (AvgIpc) is 3.39. The number of imidazole rings is 1. The van der Waals surface area contributed by atoms with Gasteiger partial charge < -0.3 is 14.6 Å². The second-order valence-corrected chi connectivity index (χ2v) is 7.54. The number of hydrogen-bond acceptors (Lipinski definition) is 7. The summed E-state index contributed by atoms with van der Waals surface area (Å²) in [5.74, 6) is 0.601. The number of aromatic nitrogens is 5. The largest absolute Gasteiger partial charge is 0.447 e. The van der Waals surface area contributed by atoms with Crippen LogP contribution < -0.4 is 10.2 Å². The molecule has 2 aromatic heterocycles. The molecule has 12 heteroatoms. The Hall–Kier alpha value is -3.70. The first kappa shape index (κ1) is 21.5. The highest BCUT2D eigenvalue weighted by Crippen LogP contribution is 2.29. The van der Waals surface area contributed by atoms with Crippen molar-refractivity contribution in [3.63, 3.8) is 0 Å². The van der Waals surface area contributed by atoms with Crippen LogP contribution in [0.3, 0.4) is 0 Å². The molecule has 0 radical (unpaired) electrons. The van der Waals surface area contributed by atoms with Crippen molar-refractivity contribution < 1.29 is 22.7 Å². The Morgan fingerprint density at radius 3 is 2.62 bits per heavy atom. The second kappa shape index (κ2) is 8.44. The predicted octanol–water partition coefficient (Wildman–Crippen LogP) is 3.67. The van der Waals surface area contributed by atoms with Crippen molar-refractivity contribution in [2.45, 2.75) is 32.6 Å². The first-order valence-corrected chi connectivity index (χ1v) is 9.82. The van der Waals surface area contributed by atoms with Gasteiger partial charge in [0.15, 0.2) is 0 Å². The summed E-state index contributed by atoms with van der Waals surface area (Å²) in [6.45, 7) is 4.49. The van der Waals surface area contributed by atoms with Crippen LogP contribution in [0.1, 0.15) is 25.1 Å². The fourth-order valence-electron chi connectivity index (χ4n) is 3.23. The van der Waals surface area contributed by atoms with E-state index in [9.17, 15) is 18.0 Å². The van der Waals surface area contributed by atoms with E-state index in [0.29, 0.717) is 11.4 Å². The number of carbonyl (C=O) groups is 1. The summed E-state index contributed by atoms with van der Waals surface area (Å²) in [6.07, 6.45) is -0.395. The molecule has 0 saturated carbocycles. The third-order valence-corrected chi connectivity index (χ3v) is 5.01. The zero-order chi connectivity index (χ0) is 22.9. The first-order chi connectivity index (χ1) is 15.2. The van der Waals surface area contributed by atoms with E-state index < -0.39 is 17.8 Å². The molecular formula is C20H20F3N7O2. The van der Waals surface area contributed by atoms with Crippen molar-refractivity contribution in [3.8, 4) is 5.69 Å². The molecule has 1 amide bonds. The predicted molar refractivity (Wildman–Crippen MR) is 108 cm³/mol. The van der Waals surface area contributed by atoms with Crippen LogP contribution in [-0.4, -0.2) is 43.2 Å². The van der Waals surface area contributed by atoms with E-state index >= 15 is 0 Å². The number of anilines is 2. The standard InChI is InChI=1S/C20H20F3N7O2/c1-12(2)16-9-32-19(31)30(16)18-26-10-25-17(28-18)24-7-14-8-29(11-27-14)15-5-3-13(4-6-15)20(21,22)23/h3-6,8,10-12,16H,7,9H2,1-2H3,(H,24,25,26,28). The molecule has 0 aliphatic carbocycles. The number of carbonyl (C=O) groups excluding carboxylic acids is 1. The minimum Gasteiger partial charge on any atom is -0.447 e. The third-order valence-electron chi connectivity index (χ3n) is 5.01. The van der Waals surface area contributed by atoms with Crippen molar-refractivity contribution >= 4 is 18.0 Å². The maximum Gasteiger partial charge on any atom is 0.417 e. The normalized spacial score (nSPS) is 16.5. The highest BCUT2D eigenvalue weighted by molar-refractivity contribution is 5.88. The summed E-state index contributed by atoms with van der Waals surface area (Å²) < 4.78 is 44.9. The average molecular weight is 447 g/mol. The van der Waals surface area contributed by atoms with Crippen LogP contribution in [0.5, 0.6) is 0 Å². The van der Waals surface area contributed by atoms with Crippen molar-refractivity contribution in [1.29, 1.82) is 0 Å². The summed E-state index contributed by atoms with van der Waals surface area (Å²) in [6, 6.07) is 4.62. The molecule has 1 aliphatic rings. The molecule has 168 valence electrons. The number of halogens is 3. The SMILES string of the molecule is CC(C)C1COC(=O)N1c1ncnc(NCc2cn(-c3ccc(C(F)(F)F)cc3)cn2)n1. The maximum atomic E-state index is 12.7. The van der Waals surface area contributed by atoms with Crippen LogP contribution in [0.25, 0.3) is 5.69 Å². The summed E-state index contributed by atoms with van der Waals surface area (Å²) in [4.78, 5) is 30.2. The lowest BCUT2D eigenvalue weighted by Gasteiger charge is -2.22. The van der Waals surface area contributed by atoms with Gasteiger partial charge in [0.1, 0.15) is 12.9 Å². The minimum atomic E-state index is -4.38. The fourth-order valence-corrected chi connectivity index (χ4v) is 3.23. The molecule has 0 bridgehead atoms. The summed E-state index contributed by atoms with van der Waals surface area (Å²) in [7, 11) is 0. The summed E-state index contributed by atoms with van der Waals surface area (Å²) in [5, 5.41) is 3.01. The molecule has 1 unspecified atom stereocenters. The van der Waals surface area contributed by atoms with Gasteiger partial charge in [0.25, 0.3) is 0 Å². The van der Waals surface area contributed by atoms with Crippen LogP contribution in [0, 0.1) is 5.92 Å². The molecule has 9 nitrogen and oxygen atoms in total. The Labute approximate surface area is 181 Å². The van der Waals surface area contributed by atoms with Gasteiger partial charge in [0.05, 0.1) is 30.2 Å². The number of benzene rings is 1. The molecule has 1 atom stereocenters.